The molecule has 1 aromatic rings. The average Bonchev–Trinajstić information content (AvgIpc) is 2.71. The predicted octanol–water partition coefficient (Wildman–Crippen LogP) is 0.160. The number of hydrogen-bond acceptors (Lipinski definition) is 7. The summed E-state index contributed by atoms with van der Waals surface area (Å²) in [5.41, 5.74) is 7.54. The van der Waals surface area contributed by atoms with Crippen molar-refractivity contribution < 1.29 is 23.9 Å². The van der Waals surface area contributed by atoms with E-state index in [0.717, 1.165) is 0 Å². The summed E-state index contributed by atoms with van der Waals surface area (Å²) in [5.74, 6) is -0.892. The lowest BCUT2D eigenvalue weighted by atomic mass is 10.0. The number of esters is 1. The van der Waals surface area contributed by atoms with E-state index >= 15 is 0 Å². The summed E-state index contributed by atoms with van der Waals surface area (Å²) in [4.78, 5) is 38.6. The maximum Gasteiger partial charge on any atom is 0.354 e. The number of amides is 2. The molecular weight excluding hydrogens is 370 g/mol. The highest BCUT2D eigenvalue weighted by molar-refractivity contribution is 8.00. The van der Waals surface area contributed by atoms with Crippen LogP contribution in [0.5, 0.6) is 0 Å². The molecule has 3 rings (SSSR count). The van der Waals surface area contributed by atoms with Crippen LogP contribution in [0.1, 0.15) is 11.6 Å². The summed E-state index contributed by atoms with van der Waals surface area (Å²) in [6.45, 7) is 0.226. The molecule has 2 aliphatic rings. The minimum atomic E-state index is -0.874. The fraction of sp³-hybridized carbons (Fsp3) is 0.389. The van der Waals surface area contributed by atoms with Crippen LogP contribution < -0.4 is 11.1 Å². The van der Waals surface area contributed by atoms with E-state index in [2.05, 4.69) is 5.32 Å². The number of benzene rings is 1. The molecule has 0 saturated carbocycles. The third-order valence-electron chi connectivity index (χ3n) is 4.48. The summed E-state index contributed by atoms with van der Waals surface area (Å²) in [7, 11) is 2.78. The Morgan fingerprint density at radius 3 is 2.67 bits per heavy atom. The van der Waals surface area contributed by atoms with Gasteiger partial charge < -0.3 is 20.5 Å². The summed E-state index contributed by atoms with van der Waals surface area (Å²) < 4.78 is 9.93. The SMILES string of the molecule is COCC1=C(C(=O)OC)N2C(=O)C(NC(=O)C(N)c3ccccc3)[C@@H]2SC1. The smallest absolute Gasteiger partial charge is 0.354 e. The van der Waals surface area contributed by atoms with Crippen molar-refractivity contribution in [2.24, 2.45) is 5.73 Å². The van der Waals surface area contributed by atoms with Gasteiger partial charge in [-0.1, -0.05) is 30.3 Å². The Labute approximate surface area is 161 Å². The van der Waals surface area contributed by atoms with E-state index in [0.29, 0.717) is 16.9 Å². The molecule has 3 N–H and O–H groups in total. The van der Waals surface area contributed by atoms with Crippen molar-refractivity contribution in [1.82, 2.24) is 10.2 Å². The van der Waals surface area contributed by atoms with Crippen LogP contribution in [-0.2, 0) is 23.9 Å². The highest BCUT2D eigenvalue weighted by Crippen LogP contribution is 2.40. The number of nitrogens with zero attached hydrogens (tertiary/aromatic N) is 1. The quantitative estimate of drug-likeness (QED) is 0.525. The molecule has 27 heavy (non-hydrogen) atoms. The van der Waals surface area contributed by atoms with Gasteiger partial charge in [0.05, 0.1) is 13.7 Å². The van der Waals surface area contributed by atoms with E-state index in [1.54, 1.807) is 24.3 Å². The second kappa shape index (κ2) is 8.12. The van der Waals surface area contributed by atoms with Gasteiger partial charge in [-0.15, -0.1) is 11.8 Å². The molecule has 0 spiro atoms. The molecular formula is C18H21N3O5S. The fourth-order valence-electron chi connectivity index (χ4n) is 3.11. The largest absolute Gasteiger partial charge is 0.464 e. The van der Waals surface area contributed by atoms with Gasteiger partial charge in [-0.25, -0.2) is 4.79 Å². The number of ether oxygens (including phenoxy) is 2. The second-order valence-corrected chi connectivity index (χ2v) is 7.27. The lowest BCUT2D eigenvalue weighted by Crippen LogP contribution is -2.71. The van der Waals surface area contributed by atoms with Crippen LogP contribution in [-0.4, -0.2) is 60.7 Å². The first-order valence-electron chi connectivity index (χ1n) is 8.34. The third kappa shape index (κ3) is 3.58. The summed E-state index contributed by atoms with van der Waals surface area (Å²) >= 11 is 1.46. The zero-order valence-corrected chi connectivity index (χ0v) is 15.8. The first kappa shape index (κ1) is 19.4. The molecule has 2 unspecified atom stereocenters. The molecule has 1 aromatic carbocycles. The number of β-lactam (4-membered cyclic amide) rings is 1. The summed E-state index contributed by atoms with van der Waals surface area (Å²) in [6.07, 6.45) is 0. The molecule has 2 heterocycles. The number of nitrogens with two attached hydrogens (primary N) is 1. The maximum atomic E-state index is 12.6. The van der Waals surface area contributed by atoms with E-state index < -0.39 is 24.0 Å². The van der Waals surface area contributed by atoms with Crippen LogP contribution in [0.3, 0.4) is 0 Å². The maximum absolute atomic E-state index is 12.6. The molecule has 9 heteroatoms. The van der Waals surface area contributed by atoms with E-state index in [-0.39, 0.29) is 23.6 Å². The normalized spacial score (nSPS) is 22.6. The molecule has 0 bridgehead atoms. The van der Waals surface area contributed by atoms with Gasteiger partial charge >= 0.3 is 5.97 Å². The van der Waals surface area contributed by atoms with Crippen molar-refractivity contribution >= 4 is 29.5 Å². The van der Waals surface area contributed by atoms with Crippen LogP contribution in [0.25, 0.3) is 0 Å². The van der Waals surface area contributed by atoms with E-state index in [9.17, 15) is 14.4 Å². The summed E-state index contributed by atoms with van der Waals surface area (Å²) in [6, 6.07) is 7.31. The predicted molar refractivity (Wildman–Crippen MR) is 99.3 cm³/mol. The molecule has 0 aromatic heterocycles. The Morgan fingerprint density at radius 2 is 2.04 bits per heavy atom. The standard InChI is InChI=1S/C18H21N3O5S/c1-25-8-11-9-27-17-13(16(23)21(17)14(11)18(24)26-2)20-15(22)12(19)10-6-4-3-5-7-10/h3-7,12-13,17H,8-9,19H2,1-2H3,(H,20,22)/t12?,13?,17-/m0/s1. The molecule has 0 aliphatic carbocycles. The van der Waals surface area contributed by atoms with Gasteiger partial charge in [0, 0.05) is 12.9 Å². The molecule has 3 atom stereocenters. The third-order valence-corrected chi connectivity index (χ3v) is 5.82. The lowest BCUT2D eigenvalue weighted by Gasteiger charge is -2.49. The Hall–Kier alpha value is -2.36. The zero-order chi connectivity index (χ0) is 19.6. The van der Waals surface area contributed by atoms with Crippen LogP contribution in [0.2, 0.25) is 0 Å². The van der Waals surface area contributed by atoms with Gasteiger partial charge in [0.1, 0.15) is 23.2 Å². The monoisotopic (exact) mass is 391 g/mol. The number of carbonyl (C=O) groups excluding carboxylic acids is 3. The van der Waals surface area contributed by atoms with Gasteiger partial charge in [0.25, 0.3) is 5.91 Å². The molecule has 144 valence electrons. The number of carbonyl (C=O) groups is 3. The molecule has 2 amide bonds. The Balaban J connectivity index is 1.74. The van der Waals surface area contributed by atoms with Crippen molar-refractivity contribution in [3.63, 3.8) is 0 Å². The lowest BCUT2D eigenvalue weighted by molar-refractivity contribution is -0.152. The molecule has 2 aliphatic heterocycles. The topological polar surface area (TPSA) is 111 Å². The molecule has 1 saturated heterocycles. The summed E-state index contributed by atoms with van der Waals surface area (Å²) in [5, 5.41) is 2.33. The van der Waals surface area contributed by atoms with Crippen molar-refractivity contribution in [3.8, 4) is 0 Å². The fourth-order valence-corrected chi connectivity index (χ4v) is 4.44. The molecule has 1 fully saturated rings. The van der Waals surface area contributed by atoms with E-state index in [1.165, 1.54) is 30.9 Å². The molecule has 8 nitrogen and oxygen atoms in total. The number of thioether (sulfide) groups is 1. The van der Waals surface area contributed by atoms with Crippen molar-refractivity contribution in [1.29, 1.82) is 0 Å². The minimum absolute atomic E-state index is 0.200. The molecule has 0 radical (unpaired) electrons. The van der Waals surface area contributed by atoms with Crippen molar-refractivity contribution in [3.05, 3.63) is 47.2 Å². The number of fused-ring (bicyclic) bond motifs is 1. The highest BCUT2D eigenvalue weighted by Gasteiger charge is 2.54. The first-order chi connectivity index (χ1) is 13.0. The Bertz CT molecular complexity index is 782. The Morgan fingerprint density at radius 1 is 1.33 bits per heavy atom. The van der Waals surface area contributed by atoms with Crippen LogP contribution >= 0.6 is 11.8 Å². The highest BCUT2D eigenvalue weighted by atomic mass is 32.2. The van der Waals surface area contributed by atoms with Gasteiger partial charge in [0.15, 0.2) is 0 Å². The van der Waals surface area contributed by atoms with Gasteiger partial charge in [-0.3, -0.25) is 14.5 Å². The van der Waals surface area contributed by atoms with Gasteiger partial charge in [-0.2, -0.15) is 0 Å². The zero-order valence-electron chi connectivity index (χ0n) is 15.0. The number of hydrogen-bond donors (Lipinski definition) is 2. The number of methoxy groups -OCH3 is 2. The Kier molecular flexibility index (Phi) is 5.83. The van der Waals surface area contributed by atoms with Crippen LogP contribution in [0, 0.1) is 0 Å². The average molecular weight is 391 g/mol. The number of rotatable bonds is 6. The van der Waals surface area contributed by atoms with Gasteiger partial charge in [0.2, 0.25) is 5.91 Å². The van der Waals surface area contributed by atoms with Gasteiger partial charge in [-0.05, 0) is 11.1 Å². The first-order valence-corrected chi connectivity index (χ1v) is 9.39. The van der Waals surface area contributed by atoms with E-state index in [1.807, 2.05) is 6.07 Å². The number of nitrogens with one attached hydrogen (secondary N) is 1. The van der Waals surface area contributed by atoms with Crippen molar-refractivity contribution in [2.75, 3.05) is 26.6 Å². The van der Waals surface area contributed by atoms with Crippen LogP contribution in [0.4, 0.5) is 0 Å². The second-order valence-electron chi connectivity index (χ2n) is 6.16. The van der Waals surface area contributed by atoms with Crippen molar-refractivity contribution in [2.45, 2.75) is 17.5 Å². The minimum Gasteiger partial charge on any atom is -0.464 e. The van der Waals surface area contributed by atoms with E-state index in [4.69, 9.17) is 15.2 Å². The van der Waals surface area contributed by atoms with Crippen LogP contribution in [0.15, 0.2) is 41.6 Å².